The van der Waals surface area contributed by atoms with Crippen molar-refractivity contribution in [1.82, 2.24) is 10.2 Å². The van der Waals surface area contributed by atoms with Crippen LogP contribution in [0.2, 0.25) is 0 Å². The van der Waals surface area contributed by atoms with Gasteiger partial charge in [-0.25, -0.2) is 0 Å². The summed E-state index contributed by atoms with van der Waals surface area (Å²) >= 11 is 1.26. The fourth-order valence-electron chi connectivity index (χ4n) is 2.53. The maximum Gasteiger partial charge on any atom is 0.277 e. The molecule has 0 unspecified atom stereocenters. The van der Waals surface area contributed by atoms with Gasteiger partial charge in [0.25, 0.3) is 5.22 Å². The molecule has 6 heteroatoms. The molecule has 2 aromatic carbocycles. The monoisotopic (exact) mass is 381 g/mol. The second-order valence-corrected chi connectivity index (χ2v) is 7.94. The molecule has 1 N–H and O–H groups in total. The smallest absolute Gasteiger partial charge is 0.277 e. The predicted molar refractivity (Wildman–Crippen MR) is 108 cm³/mol. The van der Waals surface area contributed by atoms with E-state index in [2.05, 4.69) is 29.4 Å². The molecule has 0 aliphatic heterocycles. The van der Waals surface area contributed by atoms with Crippen molar-refractivity contribution in [2.75, 3.05) is 5.32 Å². The van der Waals surface area contributed by atoms with Crippen molar-refractivity contribution in [3.05, 3.63) is 71.6 Å². The Bertz CT molecular complexity index is 876. The van der Waals surface area contributed by atoms with Crippen LogP contribution in [0.5, 0.6) is 0 Å². The number of amides is 1. The van der Waals surface area contributed by atoms with E-state index in [4.69, 9.17) is 4.42 Å². The summed E-state index contributed by atoms with van der Waals surface area (Å²) in [5.74, 6) is 0.910. The van der Waals surface area contributed by atoms with Crippen molar-refractivity contribution in [2.24, 2.45) is 0 Å². The molecule has 1 heterocycles. The van der Waals surface area contributed by atoms with Gasteiger partial charge < -0.3 is 9.73 Å². The van der Waals surface area contributed by atoms with E-state index in [1.54, 1.807) is 0 Å². The lowest BCUT2D eigenvalue weighted by Crippen LogP contribution is -2.22. The van der Waals surface area contributed by atoms with E-state index in [9.17, 15) is 4.79 Å². The van der Waals surface area contributed by atoms with E-state index in [-0.39, 0.29) is 11.2 Å². The number of nitrogens with one attached hydrogen (secondary N) is 1. The molecule has 1 aromatic heterocycles. The van der Waals surface area contributed by atoms with Crippen LogP contribution in [0, 0.1) is 0 Å². The van der Waals surface area contributed by atoms with Crippen LogP contribution in [0.4, 0.5) is 5.69 Å². The summed E-state index contributed by atoms with van der Waals surface area (Å²) in [4.78, 5) is 12.4. The number of benzene rings is 2. The highest BCUT2D eigenvalue weighted by Gasteiger charge is 2.18. The molecule has 3 rings (SSSR count). The minimum atomic E-state index is -0.347. The number of carbonyl (C=O) groups is 1. The highest BCUT2D eigenvalue weighted by molar-refractivity contribution is 8.00. The lowest BCUT2D eigenvalue weighted by molar-refractivity contribution is -0.115. The minimum absolute atomic E-state index is 0.0971. The molecule has 0 aliphatic carbocycles. The fraction of sp³-hybridized carbons (Fsp3) is 0.286. The van der Waals surface area contributed by atoms with Crippen LogP contribution >= 0.6 is 11.8 Å². The Balaban J connectivity index is 1.55. The van der Waals surface area contributed by atoms with Crippen molar-refractivity contribution in [1.29, 1.82) is 0 Å². The maximum absolute atomic E-state index is 12.4. The Kier molecular flexibility index (Phi) is 6.29. The summed E-state index contributed by atoms with van der Waals surface area (Å²) in [6.07, 6.45) is 0.581. The van der Waals surface area contributed by atoms with Gasteiger partial charge in [0.15, 0.2) is 0 Å². The summed E-state index contributed by atoms with van der Waals surface area (Å²) < 4.78 is 5.66. The SMILES string of the molecule is CC(C)c1ccc(NC(=O)[C@H](C)Sc2nnc(Cc3ccccc3)o2)cc1. The van der Waals surface area contributed by atoms with Gasteiger partial charge in [-0.2, -0.15) is 0 Å². The molecule has 0 bridgehead atoms. The van der Waals surface area contributed by atoms with Crippen LogP contribution in [0.25, 0.3) is 0 Å². The molecular weight excluding hydrogens is 358 g/mol. The van der Waals surface area contributed by atoms with Gasteiger partial charge in [0.1, 0.15) is 0 Å². The average Bonchev–Trinajstić information content (AvgIpc) is 3.09. The third-order valence-electron chi connectivity index (χ3n) is 4.14. The predicted octanol–water partition coefficient (Wildman–Crippen LogP) is 4.90. The first-order chi connectivity index (χ1) is 13.0. The number of thioether (sulfide) groups is 1. The molecule has 1 atom stereocenters. The molecule has 1 amide bonds. The Hall–Kier alpha value is -2.60. The van der Waals surface area contributed by atoms with Gasteiger partial charge in [-0.15, -0.1) is 10.2 Å². The van der Waals surface area contributed by atoms with Crippen molar-refractivity contribution in [3.8, 4) is 0 Å². The molecule has 0 saturated carbocycles. The van der Waals surface area contributed by atoms with E-state index < -0.39 is 0 Å². The van der Waals surface area contributed by atoms with E-state index in [0.717, 1.165) is 11.3 Å². The number of hydrogen-bond acceptors (Lipinski definition) is 5. The summed E-state index contributed by atoms with van der Waals surface area (Å²) in [6, 6.07) is 17.9. The van der Waals surface area contributed by atoms with Crippen LogP contribution in [0.3, 0.4) is 0 Å². The van der Waals surface area contributed by atoms with Crippen LogP contribution in [-0.4, -0.2) is 21.4 Å². The first-order valence-corrected chi connectivity index (χ1v) is 9.83. The summed E-state index contributed by atoms with van der Waals surface area (Å²) in [6.45, 7) is 6.11. The molecule has 0 radical (unpaired) electrons. The lowest BCUT2D eigenvalue weighted by atomic mass is 10.0. The zero-order valence-corrected chi connectivity index (χ0v) is 16.5. The molecule has 0 fully saturated rings. The van der Waals surface area contributed by atoms with Crippen LogP contribution in [0.15, 0.2) is 64.2 Å². The average molecular weight is 382 g/mol. The molecule has 0 saturated heterocycles. The second-order valence-electron chi connectivity index (χ2n) is 6.65. The van der Waals surface area contributed by atoms with Crippen LogP contribution < -0.4 is 5.32 Å². The van der Waals surface area contributed by atoms with Crippen molar-refractivity contribution < 1.29 is 9.21 Å². The number of hydrogen-bond donors (Lipinski definition) is 1. The Morgan fingerprint density at radius 2 is 1.74 bits per heavy atom. The van der Waals surface area contributed by atoms with Gasteiger partial charge in [0.05, 0.1) is 11.7 Å². The van der Waals surface area contributed by atoms with Gasteiger partial charge in [-0.3, -0.25) is 4.79 Å². The zero-order chi connectivity index (χ0) is 19.2. The number of nitrogens with zero attached hydrogens (tertiary/aromatic N) is 2. The molecule has 0 spiro atoms. The molecule has 27 heavy (non-hydrogen) atoms. The standard InChI is InChI=1S/C21H23N3O2S/c1-14(2)17-9-11-18(12-10-17)22-20(25)15(3)27-21-24-23-19(26-21)13-16-7-5-4-6-8-16/h4-12,14-15H,13H2,1-3H3,(H,22,25)/t15-/m0/s1. The molecule has 3 aromatic rings. The largest absolute Gasteiger partial charge is 0.416 e. The Morgan fingerprint density at radius 1 is 1.04 bits per heavy atom. The van der Waals surface area contributed by atoms with Crippen molar-refractivity contribution >= 4 is 23.4 Å². The van der Waals surface area contributed by atoms with Gasteiger partial charge in [-0.05, 0) is 36.1 Å². The highest BCUT2D eigenvalue weighted by Crippen LogP contribution is 2.24. The number of anilines is 1. The fourth-order valence-corrected chi connectivity index (χ4v) is 3.23. The van der Waals surface area contributed by atoms with Crippen LogP contribution in [0.1, 0.15) is 43.7 Å². The second kappa shape index (κ2) is 8.86. The third-order valence-corrected chi connectivity index (χ3v) is 5.07. The number of aromatic nitrogens is 2. The summed E-state index contributed by atoms with van der Waals surface area (Å²) in [5, 5.41) is 11.1. The van der Waals surface area contributed by atoms with E-state index in [0.29, 0.717) is 23.5 Å². The first-order valence-electron chi connectivity index (χ1n) is 8.95. The van der Waals surface area contributed by atoms with Gasteiger partial charge in [0, 0.05) is 5.69 Å². The van der Waals surface area contributed by atoms with Gasteiger partial charge in [0.2, 0.25) is 11.8 Å². The van der Waals surface area contributed by atoms with E-state index >= 15 is 0 Å². The topological polar surface area (TPSA) is 68.0 Å². The summed E-state index contributed by atoms with van der Waals surface area (Å²) in [5.41, 5.74) is 3.13. The number of carbonyl (C=O) groups excluding carboxylic acids is 1. The lowest BCUT2D eigenvalue weighted by Gasteiger charge is -2.11. The molecule has 140 valence electrons. The van der Waals surface area contributed by atoms with Crippen molar-refractivity contribution in [2.45, 2.75) is 43.6 Å². The quantitative estimate of drug-likeness (QED) is 0.589. The van der Waals surface area contributed by atoms with E-state index in [1.165, 1.54) is 17.3 Å². The number of rotatable bonds is 7. The van der Waals surface area contributed by atoms with Gasteiger partial charge >= 0.3 is 0 Å². The van der Waals surface area contributed by atoms with E-state index in [1.807, 2.05) is 61.5 Å². The maximum atomic E-state index is 12.4. The Labute approximate surface area is 163 Å². The summed E-state index contributed by atoms with van der Waals surface area (Å²) in [7, 11) is 0. The first kappa shape index (κ1) is 19.2. The van der Waals surface area contributed by atoms with Gasteiger partial charge in [-0.1, -0.05) is 68.1 Å². The minimum Gasteiger partial charge on any atom is -0.416 e. The Morgan fingerprint density at radius 3 is 2.41 bits per heavy atom. The van der Waals surface area contributed by atoms with Crippen molar-refractivity contribution in [3.63, 3.8) is 0 Å². The zero-order valence-electron chi connectivity index (χ0n) is 15.7. The van der Waals surface area contributed by atoms with Crippen LogP contribution in [-0.2, 0) is 11.2 Å². The molecule has 0 aliphatic rings. The molecule has 5 nitrogen and oxygen atoms in total. The third kappa shape index (κ3) is 5.44. The highest BCUT2D eigenvalue weighted by atomic mass is 32.2. The molecular formula is C21H23N3O2S. The normalized spacial score (nSPS) is 12.1.